The van der Waals surface area contributed by atoms with Crippen molar-refractivity contribution in [3.63, 3.8) is 0 Å². The molecule has 0 fully saturated rings. The lowest BCUT2D eigenvalue weighted by Gasteiger charge is -2.03. The molecule has 0 aliphatic carbocycles. The summed E-state index contributed by atoms with van der Waals surface area (Å²) in [6.07, 6.45) is 3.64. The molecule has 0 atom stereocenters. The second-order valence-corrected chi connectivity index (χ2v) is 3.94. The summed E-state index contributed by atoms with van der Waals surface area (Å²) in [5.74, 6) is 0.455. The molecule has 0 saturated heterocycles. The van der Waals surface area contributed by atoms with E-state index in [1.54, 1.807) is 6.92 Å². The van der Waals surface area contributed by atoms with E-state index in [1.165, 1.54) is 25.7 Å². The van der Waals surface area contributed by atoms with Gasteiger partial charge < -0.3 is 10.1 Å². The van der Waals surface area contributed by atoms with Crippen LogP contribution in [-0.4, -0.2) is 44.1 Å². The van der Waals surface area contributed by atoms with E-state index < -0.39 is 6.09 Å². The van der Waals surface area contributed by atoms with Crippen molar-refractivity contribution in [1.29, 1.82) is 0 Å². The van der Waals surface area contributed by atoms with Gasteiger partial charge in [-0.05, 0) is 6.92 Å². The number of hydrogen-bond acceptors (Lipinski definition) is 7. The Morgan fingerprint density at radius 1 is 1.24 bits per heavy atom. The fourth-order valence-electron chi connectivity index (χ4n) is 1.37. The minimum absolute atomic E-state index is 0.114. The van der Waals surface area contributed by atoms with E-state index in [9.17, 15) is 9.59 Å². The smallest absolute Gasteiger partial charge is 0.412 e. The Balaban J connectivity index is 1.90. The summed E-state index contributed by atoms with van der Waals surface area (Å²) in [5.41, 5.74) is 0.477. The first-order chi connectivity index (χ1) is 10.1. The van der Waals surface area contributed by atoms with Crippen LogP contribution in [0.15, 0.2) is 18.6 Å². The molecule has 110 valence electrons. The molecule has 10 nitrogen and oxygen atoms in total. The van der Waals surface area contributed by atoms with Crippen molar-refractivity contribution in [3.05, 3.63) is 24.4 Å². The summed E-state index contributed by atoms with van der Waals surface area (Å²) >= 11 is 0. The summed E-state index contributed by atoms with van der Waals surface area (Å²) in [6.45, 7) is 1.63. The molecule has 2 rings (SSSR count). The number of ether oxygens (including phenoxy) is 1. The monoisotopic (exact) mass is 291 g/mol. The van der Waals surface area contributed by atoms with Gasteiger partial charge in [-0.2, -0.15) is 9.90 Å². The van der Waals surface area contributed by atoms with Crippen molar-refractivity contribution in [2.24, 2.45) is 0 Å². The zero-order chi connectivity index (χ0) is 15.2. The van der Waals surface area contributed by atoms with E-state index in [2.05, 4.69) is 35.5 Å². The van der Waals surface area contributed by atoms with Crippen molar-refractivity contribution >= 4 is 23.5 Å². The van der Waals surface area contributed by atoms with Gasteiger partial charge in [0.1, 0.15) is 12.4 Å². The molecule has 2 amide bonds. The van der Waals surface area contributed by atoms with Crippen LogP contribution in [0, 0.1) is 6.92 Å². The number of hydrogen-bond donors (Lipinski definition) is 2. The fourth-order valence-corrected chi connectivity index (χ4v) is 1.37. The lowest BCUT2D eigenvalue weighted by atomic mass is 10.5. The average Bonchev–Trinajstić information content (AvgIpc) is 2.88. The number of nitrogens with zero attached hydrogens (tertiary/aromatic N) is 5. The summed E-state index contributed by atoms with van der Waals surface area (Å²) in [5, 5.41) is 12.7. The highest BCUT2D eigenvalue weighted by Crippen LogP contribution is 2.03. The van der Waals surface area contributed by atoms with Crippen molar-refractivity contribution in [2.75, 3.05) is 17.7 Å². The standard InChI is InChI=1S/C11H13N7O3/c1-7-12-3-8(4-13-7)15-10(19)6-18-14-5-9(17-18)16-11(20)21-2/h3-5H,6H2,1-2H3,(H,15,19)(H,16,17,20). The second kappa shape index (κ2) is 6.41. The molecule has 2 aromatic rings. The van der Waals surface area contributed by atoms with Crippen LogP contribution in [-0.2, 0) is 16.1 Å². The van der Waals surface area contributed by atoms with Gasteiger partial charge in [0.25, 0.3) is 0 Å². The van der Waals surface area contributed by atoms with Crippen LogP contribution in [0.2, 0.25) is 0 Å². The number of rotatable bonds is 4. The highest BCUT2D eigenvalue weighted by Gasteiger charge is 2.09. The van der Waals surface area contributed by atoms with E-state index in [-0.39, 0.29) is 18.3 Å². The second-order valence-electron chi connectivity index (χ2n) is 3.94. The van der Waals surface area contributed by atoms with Gasteiger partial charge in [0.05, 0.1) is 31.4 Å². The predicted octanol–water partition coefficient (Wildman–Crippen LogP) is 0.194. The first-order valence-electron chi connectivity index (χ1n) is 5.90. The zero-order valence-corrected chi connectivity index (χ0v) is 11.4. The van der Waals surface area contributed by atoms with E-state index >= 15 is 0 Å². The number of carbonyl (C=O) groups excluding carboxylic acids is 2. The largest absolute Gasteiger partial charge is 0.453 e. The van der Waals surface area contributed by atoms with Crippen molar-refractivity contribution < 1.29 is 14.3 Å². The highest BCUT2D eigenvalue weighted by molar-refractivity contribution is 5.90. The average molecular weight is 291 g/mol. The number of carbonyl (C=O) groups is 2. The molecule has 21 heavy (non-hydrogen) atoms. The first-order valence-corrected chi connectivity index (χ1v) is 5.90. The zero-order valence-electron chi connectivity index (χ0n) is 11.4. The molecule has 0 radical (unpaired) electrons. The van der Waals surface area contributed by atoms with Crippen molar-refractivity contribution in [2.45, 2.75) is 13.5 Å². The number of amides is 2. The third-order valence-electron chi connectivity index (χ3n) is 2.30. The maximum Gasteiger partial charge on any atom is 0.412 e. The number of aryl methyl sites for hydroxylation is 1. The van der Waals surface area contributed by atoms with Gasteiger partial charge in [-0.3, -0.25) is 10.1 Å². The number of aromatic nitrogens is 5. The lowest BCUT2D eigenvalue weighted by molar-refractivity contribution is -0.117. The van der Waals surface area contributed by atoms with Gasteiger partial charge in [-0.25, -0.2) is 14.8 Å². The highest BCUT2D eigenvalue weighted by atomic mass is 16.5. The maximum absolute atomic E-state index is 11.8. The number of nitrogens with one attached hydrogen (secondary N) is 2. The SMILES string of the molecule is COC(=O)Nc1cnn(CC(=O)Nc2cnc(C)nc2)n1. The molecule has 0 saturated carbocycles. The molecule has 0 aromatic carbocycles. The fraction of sp³-hybridized carbons (Fsp3) is 0.273. The molecule has 10 heteroatoms. The van der Waals surface area contributed by atoms with E-state index in [0.717, 1.165) is 4.80 Å². The van der Waals surface area contributed by atoms with Gasteiger partial charge in [-0.15, -0.1) is 5.10 Å². The molecule has 2 aromatic heterocycles. The van der Waals surface area contributed by atoms with Crippen molar-refractivity contribution in [1.82, 2.24) is 25.0 Å². The minimum atomic E-state index is -0.664. The van der Waals surface area contributed by atoms with Gasteiger partial charge in [-0.1, -0.05) is 0 Å². The summed E-state index contributed by atoms with van der Waals surface area (Å²) in [7, 11) is 1.23. The molecule has 0 spiro atoms. The molecule has 0 aliphatic rings. The van der Waals surface area contributed by atoms with Crippen LogP contribution < -0.4 is 10.6 Å². The van der Waals surface area contributed by atoms with E-state index in [0.29, 0.717) is 11.5 Å². The third kappa shape index (κ3) is 4.23. The maximum atomic E-state index is 11.8. The number of anilines is 2. The summed E-state index contributed by atoms with van der Waals surface area (Å²) < 4.78 is 4.41. The van der Waals surface area contributed by atoms with Gasteiger partial charge in [0.2, 0.25) is 5.91 Å². The number of methoxy groups -OCH3 is 1. The van der Waals surface area contributed by atoms with Crippen LogP contribution in [0.1, 0.15) is 5.82 Å². The Labute approximate surface area is 119 Å². The molecule has 0 unspecified atom stereocenters. The van der Waals surface area contributed by atoms with Crippen LogP contribution >= 0.6 is 0 Å². The molecular formula is C11H13N7O3. The summed E-state index contributed by atoms with van der Waals surface area (Å²) in [4.78, 5) is 31.8. The molecule has 0 bridgehead atoms. The molecule has 2 N–H and O–H groups in total. The van der Waals surface area contributed by atoms with Gasteiger partial charge in [0, 0.05) is 0 Å². The van der Waals surface area contributed by atoms with Crippen LogP contribution in [0.5, 0.6) is 0 Å². The van der Waals surface area contributed by atoms with E-state index in [4.69, 9.17) is 0 Å². The van der Waals surface area contributed by atoms with Gasteiger partial charge >= 0.3 is 6.09 Å². The Hall–Kier alpha value is -3.04. The first kappa shape index (κ1) is 14.4. The Morgan fingerprint density at radius 2 is 1.95 bits per heavy atom. The summed E-state index contributed by atoms with van der Waals surface area (Å²) in [6, 6.07) is 0. The van der Waals surface area contributed by atoms with Crippen LogP contribution in [0.4, 0.5) is 16.3 Å². The topological polar surface area (TPSA) is 124 Å². The van der Waals surface area contributed by atoms with Crippen LogP contribution in [0.25, 0.3) is 0 Å². The van der Waals surface area contributed by atoms with Gasteiger partial charge in [0.15, 0.2) is 5.82 Å². The minimum Gasteiger partial charge on any atom is -0.453 e. The normalized spacial score (nSPS) is 10.0. The predicted molar refractivity (Wildman–Crippen MR) is 71.4 cm³/mol. The van der Waals surface area contributed by atoms with E-state index in [1.807, 2.05) is 0 Å². The molecule has 2 heterocycles. The van der Waals surface area contributed by atoms with Crippen LogP contribution in [0.3, 0.4) is 0 Å². The quantitative estimate of drug-likeness (QED) is 0.824. The molecular weight excluding hydrogens is 278 g/mol. The molecule has 0 aliphatic heterocycles. The third-order valence-corrected chi connectivity index (χ3v) is 2.30. The Morgan fingerprint density at radius 3 is 2.62 bits per heavy atom. The van der Waals surface area contributed by atoms with Crippen molar-refractivity contribution in [3.8, 4) is 0 Å². The lowest BCUT2D eigenvalue weighted by Crippen LogP contribution is -2.21. The Kier molecular flexibility index (Phi) is 4.39. The Bertz CT molecular complexity index is 638.